The number of aryl methyl sites for hydroxylation is 2. The molecule has 284 valence electrons. The molecular formula is C31H35Br2F6N4NaO8. The molecule has 52 heavy (non-hydrogen) atoms. The van der Waals surface area contributed by atoms with Crippen LogP contribution in [0.1, 0.15) is 91.8 Å². The molecule has 4 rings (SSSR count). The van der Waals surface area contributed by atoms with Crippen molar-refractivity contribution in [3.63, 3.8) is 0 Å². The molecule has 2 heterocycles. The molecule has 0 spiro atoms. The van der Waals surface area contributed by atoms with E-state index in [1.165, 1.54) is 19.1 Å². The number of rotatable bonds is 9. The number of carbonyl (C=O) groups excluding carboxylic acids is 1. The van der Waals surface area contributed by atoms with Gasteiger partial charge in [0.15, 0.2) is 0 Å². The van der Waals surface area contributed by atoms with Crippen LogP contribution in [0.4, 0.5) is 26.3 Å². The van der Waals surface area contributed by atoms with Gasteiger partial charge in [-0.1, -0.05) is 39.3 Å². The molecule has 0 saturated heterocycles. The van der Waals surface area contributed by atoms with Crippen molar-refractivity contribution >= 4 is 43.8 Å². The zero-order valence-electron chi connectivity index (χ0n) is 27.6. The van der Waals surface area contributed by atoms with Crippen molar-refractivity contribution in [3.05, 3.63) is 91.2 Å². The van der Waals surface area contributed by atoms with Gasteiger partial charge in [0.1, 0.15) is 0 Å². The first-order valence-corrected chi connectivity index (χ1v) is 15.7. The van der Waals surface area contributed by atoms with Gasteiger partial charge < -0.3 is 29.3 Å². The normalized spacial score (nSPS) is 11.9. The fourth-order valence-corrected chi connectivity index (χ4v) is 5.14. The van der Waals surface area contributed by atoms with E-state index in [9.17, 15) is 35.9 Å². The second kappa shape index (κ2) is 23.0. The first-order chi connectivity index (χ1) is 22.8. The molecule has 21 heteroatoms. The van der Waals surface area contributed by atoms with Gasteiger partial charge in [-0.3, -0.25) is 9.59 Å². The Morgan fingerprint density at radius 1 is 0.769 bits per heavy atom. The molecule has 0 saturated carbocycles. The van der Waals surface area contributed by atoms with E-state index in [2.05, 4.69) is 52.3 Å². The van der Waals surface area contributed by atoms with Crippen LogP contribution in [0.25, 0.3) is 0 Å². The molecule has 2 aromatic heterocycles. The summed E-state index contributed by atoms with van der Waals surface area (Å²) >= 11 is 6.07. The molecule has 0 aliphatic rings. The third-order valence-corrected chi connectivity index (χ3v) is 6.95. The van der Waals surface area contributed by atoms with Gasteiger partial charge in [0, 0.05) is 29.4 Å². The SMILES string of the molecule is C.CCO.CCOC(=O)CC(c1cc(Br)cc(C(F)(F)F)c1)c1nnc(C)o1.Cc1nnc(C(CC(=O)O)c2cc(Br)cc(C(F)(F)F)c2)o1.[Na+].[OH-]. The summed E-state index contributed by atoms with van der Waals surface area (Å²) in [6.45, 7) is 6.81. The number of aromatic nitrogens is 4. The van der Waals surface area contributed by atoms with Crippen molar-refractivity contribution in [2.24, 2.45) is 0 Å². The topological polar surface area (TPSA) is 192 Å². The zero-order chi connectivity index (χ0) is 37.1. The van der Waals surface area contributed by atoms with Gasteiger partial charge in [0.2, 0.25) is 23.6 Å². The van der Waals surface area contributed by atoms with Crippen LogP contribution in [-0.2, 0) is 26.7 Å². The number of alkyl halides is 6. The van der Waals surface area contributed by atoms with Crippen molar-refractivity contribution in [1.82, 2.24) is 20.4 Å². The summed E-state index contributed by atoms with van der Waals surface area (Å²) in [5.74, 6) is -3.05. The first kappa shape index (κ1) is 51.2. The van der Waals surface area contributed by atoms with Crippen LogP contribution in [0.15, 0.2) is 54.2 Å². The molecule has 4 aromatic rings. The van der Waals surface area contributed by atoms with Crippen molar-refractivity contribution in [2.45, 2.75) is 72.2 Å². The van der Waals surface area contributed by atoms with Gasteiger partial charge >= 0.3 is 53.8 Å². The Morgan fingerprint density at radius 2 is 1.13 bits per heavy atom. The Balaban J connectivity index is 0. The summed E-state index contributed by atoms with van der Waals surface area (Å²) in [6.07, 6.45) is -9.73. The molecular weight excluding hydrogens is 853 g/mol. The van der Waals surface area contributed by atoms with E-state index in [-0.39, 0.29) is 106 Å². The molecule has 2 unspecified atom stereocenters. The van der Waals surface area contributed by atoms with Crippen molar-refractivity contribution < 1.29 is 94.7 Å². The van der Waals surface area contributed by atoms with Crippen LogP contribution in [0.5, 0.6) is 0 Å². The van der Waals surface area contributed by atoms with Gasteiger partial charge in [-0.15, -0.1) is 20.4 Å². The maximum absolute atomic E-state index is 13.0. The standard InChI is InChI=1S/C15H14BrF3N2O3.C13H10BrF3N2O3.C2H6O.CH4.Na.H2O/c1-3-23-13(22)7-12(14-21-20-8(2)24-14)9-4-10(15(17,18)19)6-11(16)5-9;1-6-18-19-12(22-6)10(5-11(20)21)7-2-8(13(15,16)17)4-9(14)3-7;1-2-3;;;/h4-6,12H,3,7H2,1-2H3;2-4,10H,5H2,1H3,(H,20,21);3H,2H2,1H3;1H4;;1H2/q;;;;+1;/p-1. The minimum Gasteiger partial charge on any atom is -0.870 e. The van der Waals surface area contributed by atoms with E-state index in [1.54, 1.807) is 20.8 Å². The Labute approximate surface area is 333 Å². The molecule has 2 aromatic carbocycles. The van der Waals surface area contributed by atoms with E-state index in [0.29, 0.717) is 0 Å². The third-order valence-electron chi connectivity index (χ3n) is 6.03. The third kappa shape index (κ3) is 16.4. The van der Waals surface area contributed by atoms with E-state index >= 15 is 0 Å². The number of ether oxygens (including phenoxy) is 1. The fraction of sp³-hybridized carbons (Fsp3) is 0.419. The number of benzene rings is 2. The van der Waals surface area contributed by atoms with Crippen LogP contribution in [0.2, 0.25) is 0 Å². The average Bonchev–Trinajstić information content (AvgIpc) is 3.61. The average molecular weight is 888 g/mol. The second-order valence-electron chi connectivity index (χ2n) is 9.89. The van der Waals surface area contributed by atoms with Gasteiger partial charge in [-0.2, -0.15) is 26.3 Å². The number of hydrogen-bond acceptors (Lipinski definition) is 11. The number of aliphatic carboxylic acids is 1. The number of esters is 1. The smallest absolute Gasteiger partial charge is 0.870 e. The zero-order valence-corrected chi connectivity index (χ0v) is 32.8. The molecule has 0 radical (unpaired) electrons. The number of aliphatic hydroxyl groups is 1. The fourth-order valence-electron chi connectivity index (χ4n) is 4.12. The van der Waals surface area contributed by atoms with Crippen LogP contribution in [0, 0.1) is 13.8 Å². The van der Waals surface area contributed by atoms with Crippen LogP contribution in [0.3, 0.4) is 0 Å². The number of halogens is 8. The summed E-state index contributed by atoms with van der Waals surface area (Å²) in [7, 11) is 0. The van der Waals surface area contributed by atoms with E-state index in [4.69, 9.17) is 23.8 Å². The molecule has 0 amide bonds. The van der Waals surface area contributed by atoms with Gasteiger partial charge in [-0.25, -0.2) is 0 Å². The minimum atomic E-state index is -4.54. The van der Waals surface area contributed by atoms with E-state index in [1.807, 2.05) is 0 Å². The monoisotopic (exact) mass is 886 g/mol. The first-order valence-electron chi connectivity index (χ1n) is 14.1. The molecule has 2 atom stereocenters. The van der Waals surface area contributed by atoms with Gasteiger partial charge in [0.05, 0.1) is 42.4 Å². The van der Waals surface area contributed by atoms with E-state index < -0.39 is 53.7 Å². The number of carboxylic acids is 1. The summed E-state index contributed by atoms with van der Waals surface area (Å²) in [4.78, 5) is 22.8. The van der Waals surface area contributed by atoms with Gasteiger partial charge in [0.25, 0.3) is 0 Å². The van der Waals surface area contributed by atoms with E-state index in [0.717, 1.165) is 24.3 Å². The van der Waals surface area contributed by atoms with Crippen molar-refractivity contribution in [3.8, 4) is 0 Å². The maximum Gasteiger partial charge on any atom is 1.00 e. The summed E-state index contributed by atoms with van der Waals surface area (Å²) < 4.78 is 93.6. The van der Waals surface area contributed by atoms with Crippen LogP contribution >= 0.6 is 31.9 Å². The largest absolute Gasteiger partial charge is 1.00 e. The Bertz CT molecular complexity index is 1710. The summed E-state index contributed by atoms with van der Waals surface area (Å²) in [5.41, 5.74) is -1.36. The second-order valence-corrected chi connectivity index (χ2v) is 11.7. The number of carboxylic acid groups (broad SMARTS) is 1. The maximum atomic E-state index is 13.0. The number of carbonyl (C=O) groups is 2. The quantitative estimate of drug-likeness (QED) is 0.123. The van der Waals surface area contributed by atoms with Crippen molar-refractivity contribution in [2.75, 3.05) is 13.2 Å². The Kier molecular flexibility index (Phi) is 22.7. The predicted octanol–water partition coefficient (Wildman–Crippen LogP) is 5.47. The number of aliphatic hydroxyl groups excluding tert-OH is 1. The molecule has 3 N–H and O–H groups in total. The summed E-state index contributed by atoms with van der Waals surface area (Å²) in [5, 5.41) is 31.4. The molecule has 0 aliphatic carbocycles. The molecule has 0 fully saturated rings. The molecule has 0 aliphatic heterocycles. The minimum absolute atomic E-state index is 0. The number of hydrogen-bond donors (Lipinski definition) is 2. The van der Waals surface area contributed by atoms with Gasteiger partial charge in [-0.05, 0) is 61.4 Å². The van der Waals surface area contributed by atoms with Crippen molar-refractivity contribution in [1.29, 1.82) is 0 Å². The summed E-state index contributed by atoms with van der Waals surface area (Å²) in [6, 6.07) is 6.62. The Hall–Kier alpha value is -2.88. The molecule has 0 bridgehead atoms. The van der Waals surface area contributed by atoms with Crippen LogP contribution in [-0.4, -0.2) is 61.2 Å². The van der Waals surface area contributed by atoms with Crippen LogP contribution < -0.4 is 29.6 Å². The molecule has 12 nitrogen and oxygen atoms in total. The predicted molar refractivity (Wildman–Crippen MR) is 175 cm³/mol. The Morgan fingerprint density at radius 3 is 1.42 bits per heavy atom. The number of nitrogens with zero attached hydrogens (tertiary/aromatic N) is 4.